The van der Waals surface area contributed by atoms with Crippen molar-refractivity contribution in [3.63, 3.8) is 0 Å². The summed E-state index contributed by atoms with van der Waals surface area (Å²) in [6.07, 6.45) is 1.41. The third kappa shape index (κ3) is 5.07. The van der Waals surface area contributed by atoms with Crippen molar-refractivity contribution < 1.29 is 14.3 Å². The molecule has 2 aromatic rings. The van der Waals surface area contributed by atoms with Crippen molar-refractivity contribution in [3.8, 4) is 5.75 Å². The van der Waals surface area contributed by atoms with Crippen LogP contribution in [0.15, 0.2) is 61.2 Å². The Kier molecular flexibility index (Phi) is 6.55. The van der Waals surface area contributed by atoms with E-state index < -0.39 is 0 Å². The topological polar surface area (TPSA) is 58.6 Å². The second kappa shape index (κ2) is 8.85. The third-order valence-electron chi connectivity index (χ3n) is 3.98. The number of nitrogens with one attached hydrogen (secondary N) is 1. The van der Waals surface area contributed by atoms with Crippen LogP contribution in [0.2, 0.25) is 0 Å². The highest BCUT2D eigenvalue weighted by molar-refractivity contribution is 6.00. The fraction of sp³-hybridized carbons (Fsp3) is 0.182. The first-order valence-electron chi connectivity index (χ1n) is 8.47. The quantitative estimate of drug-likeness (QED) is 0.800. The van der Waals surface area contributed by atoms with Gasteiger partial charge in [0.2, 0.25) is 11.8 Å². The number of carbonyl (C=O) groups is 2. The molecule has 2 rings (SSSR count). The minimum absolute atomic E-state index is 0.231. The zero-order valence-corrected chi connectivity index (χ0v) is 16.1. The first-order valence-corrected chi connectivity index (χ1v) is 8.47. The number of benzene rings is 2. The molecule has 1 N–H and O–H groups in total. The van der Waals surface area contributed by atoms with Gasteiger partial charge in [0.1, 0.15) is 5.75 Å². The fourth-order valence-corrected chi connectivity index (χ4v) is 2.55. The molecule has 0 saturated carbocycles. The van der Waals surface area contributed by atoms with Gasteiger partial charge < -0.3 is 15.0 Å². The molecular weight excluding hydrogens is 340 g/mol. The Morgan fingerprint density at radius 1 is 1.07 bits per heavy atom. The number of methoxy groups -OCH3 is 1. The lowest BCUT2D eigenvalue weighted by Gasteiger charge is -2.18. The summed E-state index contributed by atoms with van der Waals surface area (Å²) in [5.41, 5.74) is 3.57. The second-order valence-electron chi connectivity index (χ2n) is 6.23. The monoisotopic (exact) mass is 364 g/mol. The lowest BCUT2D eigenvalue weighted by Crippen LogP contribution is -2.24. The van der Waals surface area contributed by atoms with Gasteiger partial charge in [-0.25, -0.2) is 0 Å². The first-order chi connectivity index (χ1) is 12.8. The van der Waals surface area contributed by atoms with Crippen LogP contribution in [-0.4, -0.2) is 37.9 Å². The Morgan fingerprint density at radius 3 is 2.30 bits per heavy atom. The van der Waals surface area contributed by atoms with E-state index in [1.54, 1.807) is 27.3 Å². The number of hydrogen-bond acceptors (Lipinski definition) is 3. The molecule has 0 spiro atoms. The van der Waals surface area contributed by atoms with Crippen molar-refractivity contribution in [2.24, 2.45) is 0 Å². The van der Waals surface area contributed by atoms with Crippen LogP contribution in [0.4, 0.5) is 0 Å². The third-order valence-corrected chi connectivity index (χ3v) is 3.98. The maximum Gasteiger partial charge on any atom is 0.248 e. The van der Waals surface area contributed by atoms with Gasteiger partial charge >= 0.3 is 0 Å². The average Bonchev–Trinajstić information content (AvgIpc) is 2.66. The molecule has 5 heteroatoms. The molecule has 5 nitrogen and oxygen atoms in total. The molecule has 0 atom stereocenters. The van der Waals surface area contributed by atoms with Gasteiger partial charge in [0, 0.05) is 32.7 Å². The molecular formula is C22H24N2O3. The summed E-state index contributed by atoms with van der Waals surface area (Å²) in [7, 11) is 4.90. The molecule has 2 amide bonds. The second-order valence-corrected chi connectivity index (χ2v) is 6.23. The van der Waals surface area contributed by atoms with Crippen LogP contribution < -0.4 is 10.1 Å². The minimum atomic E-state index is -0.264. The summed E-state index contributed by atoms with van der Waals surface area (Å²) in [4.78, 5) is 25.4. The Labute approximate surface area is 160 Å². The number of amides is 2. The molecule has 0 bridgehead atoms. The molecule has 0 radical (unpaired) electrons. The normalized spacial score (nSPS) is 10.9. The van der Waals surface area contributed by atoms with Crippen molar-refractivity contribution in [2.75, 3.05) is 21.2 Å². The van der Waals surface area contributed by atoms with Gasteiger partial charge in [0.15, 0.2) is 0 Å². The van der Waals surface area contributed by atoms with Gasteiger partial charge in [-0.05, 0) is 34.9 Å². The maximum atomic E-state index is 12.2. The van der Waals surface area contributed by atoms with Crippen LogP contribution in [0, 0.1) is 0 Å². The van der Waals surface area contributed by atoms with Crippen LogP contribution >= 0.6 is 0 Å². The number of rotatable bonds is 6. The lowest BCUT2D eigenvalue weighted by atomic mass is 9.93. The van der Waals surface area contributed by atoms with E-state index >= 15 is 0 Å². The average molecular weight is 364 g/mol. The highest BCUT2D eigenvalue weighted by Gasteiger charge is 2.16. The van der Waals surface area contributed by atoms with Crippen LogP contribution in [0.3, 0.4) is 0 Å². The van der Waals surface area contributed by atoms with Crippen molar-refractivity contribution in [3.05, 3.63) is 77.9 Å². The van der Waals surface area contributed by atoms with Crippen molar-refractivity contribution in [2.45, 2.75) is 6.92 Å². The maximum absolute atomic E-state index is 12.2. The van der Waals surface area contributed by atoms with Gasteiger partial charge in [-0.2, -0.15) is 0 Å². The summed E-state index contributed by atoms with van der Waals surface area (Å²) < 4.78 is 5.35. The molecule has 27 heavy (non-hydrogen) atoms. The molecule has 2 aromatic carbocycles. The van der Waals surface area contributed by atoms with E-state index in [-0.39, 0.29) is 11.8 Å². The molecule has 0 aliphatic carbocycles. The molecule has 0 saturated heterocycles. The number of nitrogens with zero attached hydrogens (tertiary/aromatic N) is 1. The van der Waals surface area contributed by atoms with Crippen LogP contribution in [0.1, 0.15) is 23.6 Å². The highest BCUT2D eigenvalue weighted by atomic mass is 16.5. The largest absolute Gasteiger partial charge is 0.497 e. The van der Waals surface area contributed by atoms with Crippen LogP contribution in [0.25, 0.3) is 11.3 Å². The van der Waals surface area contributed by atoms with Gasteiger partial charge in [-0.3, -0.25) is 9.59 Å². The van der Waals surface area contributed by atoms with Crippen molar-refractivity contribution in [1.29, 1.82) is 0 Å². The van der Waals surface area contributed by atoms with Gasteiger partial charge in [-0.15, -0.1) is 0 Å². The van der Waals surface area contributed by atoms with Crippen LogP contribution in [0.5, 0.6) is 5.75 Å². The Balaban J connectivity index is 2.64. The summed E-state index contributed by atoms with van der Waals surface area (Å²) in [6.45, 7) is 5.62. The molecule has 0 fully saturated rings. The van der Waals surface area contributed by atoms with E-state index in [1.165, 1.54) is 17.9 Å². The number of ether oxygens (including phenoxy) is 1. The highest BCUT2D eigenvalue weighted by Crippen LogP contribution is 2.31. The zero-order valence-electron chi connectivity index (χ0n) is 16.1. The number of carbonyl (C=O) groups excluding carboxylic acids is 2. The number of hydrogen-bond donors (Lipinski definition) is 1. The summed E-state index contributed by atoms with van der Waals surface area (Å²) in [6, 6.07) is 15.2. The molecule has 0 aromatic heterocycles. The number of likely N-dealkylation sites (N-methyl/N-ethyl adjacent to an activating group) is 1. The van der Waals surface area contributed by atoms with E-state index in [1.807, 2.05) is 42.5 Å². The standard InChI is InChI=1S/C22H24N2O3/c1-15(17-9-7-6-8-10-17)20-13-18(27-5)11-12-19(20)21(23-16(2)25)14-22(26)24(3)4/h6-14H,1H2,2-5H3,(H,23,25)/b21-14-. The predicted molar refractivity (Wildman–Crippen MR) is 108 cm³/mol. The van der Waals surface area contributed by atoms with Gasteiger partial charge in [0.25, 0.3) is 0 Å². The van der Waals surface area contributed by atoms with E-state index in [9.17, 15) is 9.59 Å². The van der Waals surface area contributed by atoms with Crippen molar-refractivity contribution in [1.82, 2.24) is 10.2 Å². The van der Waals surface area contributed by atoms with Crippen molar-refractivity contribution >= 4 is 23.1 Å². The molecule has 0 heterocycles. The van der Waals surface area contributed by atoms with Gasteiger partial charge in [-0.1, -0.05) is 36.9 Å². The van der Waals surface area contributed by atoms with E-state index in [0.29, 0.717) is 17.0 Å². The predicted octanol–water partition coefficient (Wildman–Crippen LogP) is 3.32. The summed E-state index contributed by atoms with van der Waals surface area (Å²) >= 11 is 0. The Morgan fingerprint density at radius 2 is 1.74 bits per heavy atom. The first kappa shape index (κ1) is 20.0. The summed E-state index contributed by atoms with van der Waals surface area (Å²) in [5, 5.41) is 2.76. The van der Waals surface area contributed by atoms with E-state index in [2.05, 4.69) is 11.9 Å². The van der Waals surface area contributed by atoms with Gasteiger partial charge in [0.05, 0.1) is 12.8 Å². The molecule has 0 unspecified atom stereocenters. The SMILES string of the molecule is C=C(c1ccccc1)c1cc(OC)ccc1/C(=C/C(=O)N(C)C)NC(C)=O. The Bertz CT molecular complexity index is 884. The Hall–Kier alpha value is -3.34. The summed E-state index contributed by atoms with van der Waals surface area (Å²) in [5.74, 6) is 0.165. The minimum Gasteiger partial charge on any atom is -0.497 e. The van der Waals surface area contributed by atoms with Crippen LogP contribution in [-0.2, 0) is 9.59 Å². The fourth-order valence-electron chi connectivity index (χ4n) is 2.55. The molecule has 0 aliphatic rings. The lowest BCUT2D eigenvalue weighted by molar-refractivity contribution is -0.123. The van der Waals surface area contributed by atoms with E-state index in [0.717, 1.165) is 16.7 Å². The zero-order chi connectivity index (χ0) is 20.0. The molecule has 0 aliphatic heterocycles. The van der Waals surface area contributed by atoms with E-state index in [4.69, 9.17) is 4.74 Å². The molecule has 140 valence electrons. The smallest absolute Gasteiger partial charge is 0.248 e.